The molecule has 1 fully saturated rings. The molecule has 1 aromatic heterocycles. The fourth-order valence-electron chi connectivity index (χ4n) is 3.48. The molecule has 4 rings (SSSR count). The van der Waals surface area contributed by atoms with Gasteiger partial charge in [-0.1, -0.05) is 48.5 Å². The zero-order valence-electron chi connectivity index (χ0n) is 14.1. The number of carbonyl (C=O) groups is 1. The number of aromatic nitrogens is 1. The third kappa shape index (κ3) is 3.23. The van der Waals surface area contributed by atoms with E-state index < -0.39 is 0 Å². The van der Waals surface area contributed by atoms with Gasteiger partial charge in [-0.2, -0.15) is 0 Å². The van der Waals surface area contributed by atoms with Crippen LogP contribution in [0.15, 0.2) is 54.6 Å². The van der Waals surface area contributed by atoms with Gasteiger partial charge in [-0.05, 0) is 24.5 Å². The number of hydrogen-bond donors (Lipinski definition) is 2. The number of rotatable bonds is 7. The van der Waals surface area contributed by atoms with Crippen molar-refractivity contribution in [2.24, 2.45) is 0 Å². The van der Waals surface area contributed by atoms with Crippen LogP contribution >= 0.6 is 0 Å². The number of H-pyrrole nitrogens is 1. The maximum atomic E-state index is 13.2. The molecule has 1 aliphatic carbocycles. The maximum absolute atomic E-state index is 13.2. The maximum Gasteiger partial charge on any atom is 0.179 e. The number of ketones is 1. The number of nitrogens with zero attached hydrogens (tertiary/aromatic N) is 1. The first-order valence-electron chi connectivity index (χ1n) is 8.82. The highest BCUT2D eigenvalue weighted by atomic mass is 16.3. The second-order valence-electron chi connectivity index (χ2n) is 6.64. The number of fused-ring (bicyclic) bond motifs is 1. The molecule has 2 aromatic carbocycles. The molecule has 0 aliphatic heterocycles. The molecule has 1 aliphatic rings. The van der Waals surface area contributed by atoms with Crippen molar-refractivity contribution >= 4 is 16.7 Å². The summed E-state index contributed by atoms with van der Waals surface area (Å²) in [5.74, 6) is 0.108. The van der Waals surface area contributed by atoms with E-state index in [1.807, 2.05) is 54.6 Å². The molecule has 3 aromatic rings. The van der Waals surface area contributed by atoms with Gasteiger partial charge < -0.3 is 10.1 Å². The highest BCUT2D eigenvalue weighted by molar-refractivity contribution is 6.14. The third-order valence-corrected chi connectivity index (χ3v) is 4.84. The molecule has 1 heterocycles. The number of nitrogens with one attached hydrogen (secondary N) is 1. The van der Waals surface area contributed by atoms with Gasteiger partial charge in [0, 0.05) is 23.5 Å². The lowest BCUT2D eigenvalue weighted by molar-refractivity contribution is 0.0909. The van der Waals surface area contributed by atoms with Crippen LogP contribution in [0.1, 0.15) is 23.2 Å². The molecule has 0 bridgehead atoms. The highest BCUT2D eigenvalue weighted by Gasteiger charge is 2.31. The Morgan fingerprint density at radius 3 is 2.52 bits per heavy atom. The first-order chi connectivity index (χ1) is 12.3. The summed E-state index contributed by atoms with van der Waals surface area (Å²) < 4.78 is 0. The van der Waals surface area contributed by atoms with Gasteiger partial charge >= 0.3 is 0 Å². The summed E-state index contributed by atoms with van der Waals surface area (Å²) in [4.78, 5) is 18.7. The summed E-state index contributed by atoms with van der Waals surface area (Å²) in [6.07, 6.45) is 2.24. The van der Waals surface area contributed by atoms with Crippen LogP contribution in [0.2, 0.25) is 0 Å². The largest absolute Gasteiger partial charge is 0.395 e. The lowest BCUT2D eigenvalue weighted by Gasteiger charge is -2.20. The number of Topliss-reactive ketones (excluding diaryl/α,β-unsaturated/α-hetero) is 1. The molecule has 2 N–H and O–H groups in total. The third-order valence-electron chi connectivity index (χ3n) is 4.84. The number of aliphatic hydroxyl groups excluding tert-OH is 1. The van der Waals surface area contributed by atoms with Gasteiger partial charge in [0.1, 0.15) is 0 Å². The van der Waals surface area contributed by atoms with Crippen LogP contribution in [0.5, 0.6) is 0 Å². The standard InChI is InChI=1S/C21H22N2O2/c24-13-12-23(16-10-11-16)14-19(25)20-17-8-4-5-9-18(17)22-21(20)15-6-2-1-3-7-15/h1-9,16,22,24H,10-14H2. The predicted molar refractivity (Wildman–Crippen MR) is 99.7 cm³/mol. The minimum absolute atomic E-state index is 0.0865. The van der Waals surface area contributed by atoms with Crippen molar-refractivity contribution in [2.75, 3.05) is 19.7 Å². The Labute approximate surface area is 147 Å². The van der Waals surface area contributed by atoms with Crippen LogP contribution in [0.4, 0.5) is 0 Å². The molecule has 128 valence electrons. The van der Waals surface area contributed by atoms with Gasteiger partial charge in [0.25, 0.3) is 0 Å². The van der Waals surface area contributed by atoms with Crippen molar-refractivity contribution < 1.29 is 9.90 Å². The van der Waals surface area contributed by atoms with Crippen LogP contribution in [-0.2, 0) is 0 Å². The fourth-order valence-corrected chi connectivity index (χ4v) is 3.48. The Morgan fingerprint density at radius 1 is 1.08 bits per heavy atom. The Hall–Kier alpha value is -2.43. The van der Waals surface area contributed by atoms with E-state index in [9.17, 15) is 9.90 Å². The van der Waals surface area contributed by atoms with Gasteiger partial charge in [-0.3, -0.25) is 9.69 Å². The molecule has 4 nitrogen and oxygen atoms in total. The van der Waals surface area contributed by atoms with Crippen LogP contribution < -0.4 is 0 Å². The van der Waals surface area contributed by atoms with Gasteiger partial charge in [0.05, 0.1) is 24.4 Å². The van der Waals surface area contributed by atoms with Gasteiger partial charge in [-0.15, -0.1) is 0 Å². The van der Waals surface area contributed by atoms with Gasteiger partial charge in [0.15, 0.2) is 5.78 Å². The molecule has 0 saturated heterocycles. The normalized spacial score (nSPS) is 14.3. The van der Waals surface area contributed by atoms with E-state index in [1.54, 1.807) is 0 Å². The molecule has 0 radical (unpaired) electrons. The summed E-state index contributed by atoms with van der Waals surface area (Å²) in [6, 6.07) is 18.4. The Bertz CT molecular complexity index is 881. The van der Waals surface area contributed by atoms with E-state index in [2.05, 4.69) is 9.88 Å². The molecule has 0 atom stereocenters. The van der Waals surface area contributed by atoms with Crippen molar-refractivity contribution in [3.63, 3.8) is 0 Å². The van der Waals surface area contributed by atoms with E-state index in [1.165, 1.54) is 0 Å². The molecule has 25 heavy (non-hydrogen) atoms. The Morgan fingerprint density at radius 2 is 1.80 bits per heavy atom. The number of carbonyl (C=O) groups excluding carboxylic acids is 1. The average Bonchev–Trinajstić information content (AvgIpc) is 3.41. The predicted octanol–water partition coefficient (Wildman–Crippen LogP) is 3.47. The minimum Gasteiger partial charge on any atom is -0.395 e. The zero-order chi connectivity index (χ0) is 17.2. The second-order valence-corrected chi connectivity index (χ2v) is 6.64. The average molecular weight is 334 g/mol. The molecule has 0 spiro atoms. The summed E-state index contributed by atoms with van der Waals surface area (Å²) in [5.41, 5.74) is 3.63. The Kier molecular flexibility index (Phi) is 4.38. The number of aromatic amines is 1. The monoisotopic (exact) mass is 334 g/mol. The van der Waals surface area contributed by atoms with Crippen LogP contribution in [-0.4, -0.2) is 46.5 Å². The topological polar surface area (TPSA) is 56.3 Å². The quantitative estimate of drug-likeness (QED) is 0.651. The van der Waals surface area contributed by atoms with Crippen molar-refractivity contribution in [1.82, 2.24) is 9.88 Å². The van der Waals surface area contributed by atoms with Crippen molar-refractivity contribution in [1.29, 1.82) is 0 Å². The van der Waals surface area contributed by atoms with Gasteiger partial charge in [-0.25, -0.2) is 0 Å². The van der Waals surface area contributed by atoms with E-state index >= 15 is 0 Å². The lowest BCUT2D eigenvalue weighted by Crippen LogP contribution is -2.34. The van der Waals surface area contributed by atoms with Crippen LogP contribution in [0, 0.1) is 0 Å². The number of hydrogen-bond acceptors (Lipinski definition) is 3. The van der Waals surface area contributed by atoms with Crippen LogP contribution in [0.3, 0.4) is 0 Å². The molecular formula is C21H22N2O2. The number of para-hydroxylation sites is 1. The summed E-state index contributed by atoms with van der Waals surface area (Å²) >= 11 is 0. The van der Waals surface area contributed by atoms with Gasteiger partial charge in [0.2, 0.25) is 0 Å². The molecular weight excluding hydrogens is 312 g/mol. The summed E-state index contributed by atoms with van der Waals surface area (Å²) in [7, 11) is 0. The van der Waals surface area contributed by atoms with Crippen LogP contribution in [0.25, 0.3) is 22.2 Å². The zero-order valence-corrected chi connectivity index (χ0v) is 14.1. The minimum atomic E-state index is 0.0865. The van der Waals surface area contributed by atoms with E-state index in [-0.39, 0.29) is 12.4 Å². The SMILES string of the molecule is O=C(CN(CCO)C1CC1)c1c(-c2ccccc2)[nH]c2ccccc12. The van der Waals surface area contributed by atoms with E-state index in [0.29, 0.717) is 19.1 Å². The van der Waals surface area contributed by atoms with E-state index in [4.69, 9.17) is 0 Å². The number of benzene rings is 2. The number of aliphatic hydroxyl groups is 1. The van der Waals surface area contributed by atoms with E-state index in [0.717, 1.165) is 40.6 Å². The first-order valence-corrected chi connectivity index (χ1v) is 8.82. The molecule has 4 heteroatoms. The lowest BCUT2D eigenvalue weighted by atomic mass is 10.0. The van der Waals surface area contributed by atoms with Crippen molar-refractivity contribution in [3.8, 4) is 11.3 Å². The van der Waals surface area contributed by atoms with Crippen molar-refractivity contribution in [2.45, 2.75) is 18.9 Å². The van der Waals surface area contributed by atoms with Crippen molar-refractivity contribution in [3.05, 3.63) is 60.2 Å². The smallest absolute Gasteiger partial charge is 0.179 e. The molecule has 0 amide bonds. The fraction of sp³-hybridized carbons (Fsp3) is 0.286. The second kappa shape index (κ2) is 6.82. The summed E-state index contributed by atoms with van der Waals surface area (Å²) in [5, 5.41) is 10.3. The molecule has 1 saturated carbocycles. The Balaban J connectivity index is 1.75. The molecule has 0 unspecified atom stereocenters. The first kappa shape index (κ1) is 16.1. The highest BCUT2D eigenvalue weighted by Crippen LogP contribution is 2.32. The summed E-state index contributed by atoms with van der Waals surface area (Å²) in [6.45, 7) is 0.996.